The third-order valence-corrected chi connectivity index (χ3v) is 13.8. The first-order valence-corrected chi connectivity index (χ1v) is 22.2. The van der Waals surface area contributed by atoms with Gasteiger partial charge in [0, 0.05) is 43.4 Å². The molecule has 7 atom stereocenters. The number of H-pyrrole nitrogens is 2. The first kappa shape index (κ1) is 43.1. The van der Waals surface area contributed by atoms with E-state index < -0.39 is 30.4 Å². The standard InChI is InChI=1S/C47H56N8O9/c1-24-7-13-36(54(24)45(57)40(53-47(59)62-6)27-15-17-63-18-16-27)42-48-22-35(50-42)29-9-11-31-30(19-29)23-64-38-21-32-28(20-33(31)38)10-12-34-41(32)51-43(49-34)37-14-8-25(2)55(37)44(56)39(26(3)60-4)52-46(58)61-5/h9-12,19-22,24-27,36-37,39-40H,7-8,13-18,23H2,1-6H3,(H,48,50)(H,49,51)(H,52,58)(H,53,59)/t24-,25-,26+,36?,37-,39-,40-/m0/s1. The molecule has 6 heterocycles. The molecule has 338 valence electrons. The molecule has 0 bridgehead atoms. The molecule has 4 aliphatic heterocycles. The predicted octanol–water partition coefficient (Wildman–Crippen LogP) is 6.68. The van der Waals surface area contributed by atoms with Gasteiger partial charge in [-0.2, -0.15) is 0 Å². The zero-order valence-corrected chi connectivity index (χ0v) is 37.1. The van der Waals surface area contributed by atoms with Crippen molar-refractivity contribution in [1.29, 1.82) is 0 Å². The maximum atomic E-state index is 14.3. The zero-order valence-electron chi connectivity index (χ0n) is 37.1. The zero-order chi connectivity index (χ0) is 44.8. The monoisotopic (exact) mass is 876 g/mol. The number of carbonyl (C=O) groups excluding carboxylic acids is 4. The fourth-order valence-electron chi connectivity index (χ4n) is 10.2. The van der Waals surface area contributed by atoms with Crippen LogP contribution in [0.25, 0.3) is 44.2 Å². The molecule has 0 spiro atoms. The topological polar surface area (TPSA) is 202 Å². The molecule has 4 N–H and O–H groups in total. The van der Waals surface area contributed by atoms with Crippen molar-refractivity contribution >= 4 is 45.8 Å². The highest BCUT2D eigenvalue weighted by Gasteiger charge is 2.44. The largest absolute Gasteiger partial charge is 0.488 e. The van der Waals surface area contributed by atoms with Gasteiger partial charge in [-0.15, -0.1) is 0 Å². The highest BCUT2D eigenvalue weighted by Crippen LogP contribution is 2.44. The van der Waals surface area contributed by atoms with E-state index in [0.29, 0.717) is 50.7 Å². The number of carbonyl (C=O) groups is 4. The number of hydrogen-bond donors (Lipinski definition) is 4. The van der Waals surface area contributed by atoms with E-state index in [-0.39, 0.29) is 41.9 Å². The number of aromatic amines is 2. The number of likely N-dealkylation sites (tertiary alicyclic amines) is 2. The van der Waals surface area contributed by atoms with Gasteiger partial charge < -0.3 is 54.1 Å². The second-order valence-corrected chi connectivity index (χ2v) is 17.5. The fourth-order valence-corrected chi connectivity index (χ4v) is 10.2. The number of nitrogens with one attached hydrogen (secondary N) is 4. The lowest BCUT2D eigenvalue weighted by atomic mass is 9.90. The van der Waals surface area contributed by atoms with Crippen molar-refractivity contribution in [3.05, 3.63) is 65.9 Å². The van der Waals surface area contributed by atoms with Gasteiger partial charge in [-0.25, -0.2) is 19.6 Å². The number of benzene rings is 3. The number of imidazole rings is 2. The molecule has 0 radical (unpaired) electrons. The average Bonchev–Trinajstić information content (AvgIpc) is 4.14. The minimum atomic E-state index is -0.936. The lowest BCUT2D eigenvalue weighted by molar-refractivity contribution is -0.140. The number of alkyl carbamates (subject to hydrolysis) is 2. The van der Waals surface area contributed by atoms with Gasteiger partial charge in [0.25, 0.3) is 0 Å². The summed E-state index contributed by atoms with van der Waals surface area (Å²) in [5.41, 5.74) is 6.51. The Bertz CT molecular complexity index is 2590. The summed E-state index contributed by atoms with van der Waals surface area (Å²) in [6.07, 6.45) is 4.31. The average molecular weight is 877 g/mol. The molecule has 0 saturated carbocycles. The number of amides is 4. The van der Waals surface area contributed by atoms with E-state index in [1.807, 2.05) is 31.0 Å². The van der Waals surface area contributed by atoms with Crippen molar-refractivity contribution < 1.29 is 42.9 Å². The molecule has 3 saturated heterocycles. The highest BCUT2D eigenvalue weighted by molar-refractivity contribution is 6.07. The normalized spacial score (nSPS) is 22.3. The van der Waals surface area contributed by atoms with E-state index >= 15 is 0 Å². The molecule has 5 aromatic rings. The highest BCUT2D eigenvalue weighted by atomic mass is 16.5. The van der Waals surface area contributed by atoms with E-state index in [0.717, 1.165) is 74.8 Å². The molecule has 17 nitrogen and oxygen atoms in total. The number of rotatable bonds is 10. The second-order valence-electron chi connectivity index (χ2n) is 17.5. The lowest BCUT2D eigenvalue weighted by Gasteiger charge is -2.36. The van der Waals surface area contributed by atoms with E-state index in [1.165, 1.54) is 21.3 Å². The molecular formula is C47H56N8O9. The lowest BCUT2D eigenvalue weighted by Crippen LogP contribution is -2.55. The predicted molar refractivity (Wildman–Crippen MR) is 236 cm³/mol. The van der Waals surface area contributed by atoms with Gasteiger partial charge in [0.15, 0.2) is 0 Å². The maximum absolute atomic E-state index is 14.3. The molecule has 2 aromatic heterocycles. The van der Waals surface area contributed by atoms with E-state index in [4.69, 9.17) is 33.7 Å². The first-order chi connectivity index (χ1) is 31.0. The van der Waals surface area contributed by atoms with Crippen molar-refractivity contribution in [3.8, 4) is 28.1 Å². The minimum absolute atomic E-state index is 0.0324. The molecule has 3 aromatic carbocycles. The summed E-state index contributed by atoms with van der Waals surface area (Å²) in [5.74, 6) is 1.70. The van der Waals surface area contributed by atoms with E-state index in [9.17, 15) is 19.2 Å². The van der Waals surface area contributed by atoms with Crippen LogP contribution in [0.4, 0.5) is 9.59 Å². The van der Waals surface area contributed by atoms with Gasteiger partial charge in [-0.05, 0) is 112 Å². The molecule has 9 rings (SSSR count). The Morgan fingerprint density at radius 3 is 2.22 bits per heavy atom. The van der Waals surface area contributed by atoms with Crippen LogP contribution in [0, 0.1) is 5.92 Å². The first-order valence-electron chi connectivity index (χ1n) is 22.2. The number of ether oxygens (including phenoxy) is 5. The SMILES string of the molecule is COC(=O)N[C@H](C(=O)N1C(c2ncc(-c3ccc4c(c3)COc3cc5c(ccc6nc([C@@H]7CC[C@H](C)N7C(=O)[C@@H](NC(=O)OC)[C@@H](C)OC)[nH]c65)cc3-4)[nH]2)CC[C@@H]1C)C1CCOCC1. The summed E-state index contributed by atoms with van der Waals surface area (Å²) in [6, 6.07) is 12.2. The molecule has 4 amide bonds. The van der Waals surface area contributed by atoms with Gasteiger partial charge in [0.1, 0.15) is 36.1 Å². The van der Waals surface area contributed by atoms with Gasteiger partial charge in [0.05, 0.1) is 55.3 Å². The molecule has 3 fully saturated rings. The Labute approximate surface area is 370 Å². The Balaban J connectivity index is 0.960. The third kappa shape index (κ3) is 7.88. The molecular weight excluding hydrogens is 821 g/mol. The van der Waals surface area contributed by atoms with Crippen LogP contribution < -0.4 is 15.4 Å². The van der Waals surface area contributed by atoms with E-state index in [1.54, 1.807) is 11.8 Å². The van der Waals surface area contributed by atoms with Crippen molar-refractivity contribution in [2.24, 2.45) is 5.92 Å². The number of methoxy groups -OCH3 is 3. The molecule has 1 unspecified atom stereocenters. The smallest absolute Gasteiger partial charge is 0.407 e. The van der Waals surface area contributed by atoms with Crippen molar-refractivity contribution in [1.82, 2.24) is 40.4 Å². The van der Waals surface area contributed by atoms with Gasteiger partial charge >= 0.3 is 12.2 Å². The third-order valence-electron chi connectivity index (χ3n) is 13.8. The molecule has 64 heavy (non-hydrogen) atoms. The van der Waals surface area contributed by atoms with Gasteiger partial charge in [0.2, 0.25) is 11.8 Å². The Morgan fingerprint density at radius 2 is 1.50 bits per heavy atom. The summed E-state index contributed by atoms with van der Waals surface area (Å²) < 4.78 is 27.2. The molecule has 0 aliphatic carbocycles. The van der Waals surface area contributed by atoms with Gasteiger partial charge in [-0.1, -0.05) is 18.2 Å². The van der Waals surface area contributed by atoms with Crippen LogP contribution in [0.1, 0.15) is 88.6 Å². The van der Waals surface area contributed by atoms with Crippen LogP contribution in [-0.4, -0.2) is 119 Å². The summed E-state index contributed by atoms with van der Waals surface area (Å²) in [6.45, 7) is 7.25. The number of fused-ring (bicyclic) bond motifs is 6. The van der Waals surface area contributed by atoms with Crippen LogP contribution in [0.5, 0.6) is 5.75 Å². The van der Waals surface area contributed by atoms with Crippen molar-refractivity contribution in [2.75, 3.05) is 34.5 Å². The second kappa shape index (κ2) is 17.8. The van der Waals surface area contributed by atoms with Crippen molar-refractivity contribution in [3.63, 3.8) is 0 Å². The fraction of sp³-hybridized carbons (Fsp3) is 0.489. The quantitative estimate of drug-likeness (QED) is 0.117. The maximum Gasteiger partial charge on any atom is 0.407 e. The van der Waals surface area contributed by atoms with E-state index in [2.05, 4.69) is 57.0 Å². The summed E-state index contributed by atoms with van der Waals surface area (Å²) in [7, 11) is 4.08. The summed E-state index contributed by atoms with van der Waals surface area (Å²) >= 11 is 0. The Morgan fingerprint density at radius 1 is 0.797 bits per heavy atom. The number of hydrogen-bond acceptors (Lipinski definition) is 11. The van der Waals surface area contributed by atoms with Crippen molar-refractivity contribution in [2.45, 2.75) is 108 Å². The van der Waals surface area contributed by atoms with Crippen LogP contribution in [0.15, 0.2) is 48.7 Å². The van der Waals surface area contributed by atoms with Crippen LogP contribution in [0.3, 0.4) is 0 Å². The number of aromatic nitrogens is 4. The Kier molecular flexibility index (Phi) is 11.9. The van der Waals surface area contributed by atoms with Crippen LogP contribution in [0.2, 0.25) is 0 Å². The number of nitrogens with zero attached hydrogens (tertiary/aromatic N) is 4. The molecule has 17 heteroatoms. The minimum Gasteiger partial charge on any atom is -0.488 e. The summed E-state index contributed by atoms with van der Waals surface area (Å²) in [5, 5.41) is 7.47. The van der Waals surface area contributed by atoms with Gasteiger partial charge in [-0.3, -0.25) is 9.59 Å². The van der Waals surface area contributed by atoms with Crippen LogP contribution >= 0.6 is 0 Å². The molecule has 4 aliphatic rings. The van der Waals surface area contributed by atoms with Crippen LogP contribution in [-0.2, 0) is 35.1 Å². The summed E-state index contributed by atoms with van der Waals surface area (Å²) in [4.78, 5) is 73.6. The Hall–Kier alpha value is -6.20.